The normalized spacial score (nSPS) is 31.2. The van der Waals surface area contributed by atoms with E-state index in [1.54, 1.807) is 0 Å². The third kappa shape index (κ3) is 1.95. The Kier molecular flexibility index (Phi) is 3.29. The Morgan fingerprint density at radius 3 is 2.94 bits per heavy atom. The van der Waals surface area contributed by atoms with Gasteiger partial charge in [-0.3, -0.25) is 4.57 Å². The van der Waals surface area contributed by atoms with Gasteiger partial charge in [0.1, 0.15) is 23.9 Å². The van der Waals surface area contributed by atoms with Crippen LogP contribution in [0.3, 0.4) is 0 Å². The Balaban J connectivity index is 2.39. The van der Waals surface area contributed by atoms with Gasteiger partial charge in [0.15, 0.2) is 6.23 Å². The Morgan fingerprint density at radius 2 is 2.39 bits per heavy atom. The molecule has 8 nitrogen and oxygen atoms in total. The summed E-state index contributed by atoms with van der Waals surface area (Å²) < 4.78 is 6.37. The predicted octanol–water partition coefficient (Wildman–Crippen LogP) is -1.78. The monoisotopic (exact) mass is 252 g/mol. The second-order valence-corrected chi connectivity index (χ2v) is 3.94. The summed E-state index contributed by atoms with van der Waals surface area (Å²) in [6, 6.07) is 3.25. The van der Waals surface area contributed by atoms with E-state index in [4.69, 9.17) is 20.8 Å². The minimum atomic E-state index is -1.16. The second-order valence-electron chi connectivity index (χ2n) is 3.94. The Labute approximate surface area is 102 Å². The summed E-state index contributed by atoms with van der Waals surface area (Å²) in [5.74, 6) is -0.896. The van der Waals surface area contributed by atoms with Gasteiger partial charge in [-0.2, -0.15) is 10.2 Å². The molecule has 2 rings (SSSR count). The first-order valence-corrected chi connectivity index (χ1v) is 5.27. The smallest absolute Gasteiger partial charge is 0.351 e. The number of ether oxygens (including phenoxy) is 1. The highest BCUT2D eigenvalue weighted by molar-refractivity contribution is 5.23. The van der Waals surface area contributed by atoms with E-state index in [0.717, 1.165) is 4.57 Å². The Hall–Kier alpha value is -1.95. The van der Waals surface area contributed by atoms with Crippen LogP contribution < -0.4 is 11.4 Å². The fourth-order valence-electron chi connectivity index (χ4n) is 1.89. The van der Waals surface area contributed by atoms with Gasteiger partial charge in [-0.1, -0.05) is 0 Å². The number of rotatable bonds is 2. The summed E-state index contributed by atoms with van der Waals surface area (Å²) in [4.78, 5) is 15.1. The first-order valence-electron chi connectivity index (χ1n) is 5.27. The summed E-state index contributed by atoms with van der Waals surface area (Å²) in [7, 11) is 0. The van der Waals surface area contributed by atoms with Crippen LogP contribution in [0, 0.1) is 17.2 Å². The van der Waals surface area contributed by atoms with Crippen molar-refractivity contribution in [3.63, 3.8) is 0 Å². The van der Waals surface area contributed by atoms with Crippen molar-refractivity contribution in [2.45, 2.75) is 18.4 Å². The van der Waals surface area contributed by atoms with Crippen molar-refractivity contribution in [3.8, 4) is 6.07 Å². The van der Waals surface area contributed by atoms with Crippen molar-refractivity contribution >= 4 is 5.82 Å². The Morgan fingerprint density at radius 1 is 1.67 bits per heavy atom. The van der Waals surface area contributed by atoms with Crippen LogP contribution in [-0.4, -0.2) is 38.6 Å². The molecule has 0 radical (unpaired) electrons. The topological polar surface area (TPSA) is 134 Å². The maximum atomic E-state index is 11.6. The standard InChI is InChI=1S/C10H12N4O4/c11-3-5-8(16)6(4-15)18-9(5)14-2-1-7(12)13-10(14)17/h1-2,5-6,8-9,15-16H,4H2,(H2,12,13,17)/t5-,6+,8?,9+/m0/s1. The van der Waals surface area contributed by atoms with E-state index in [9.17, 15) is 9.90 Å². The molecule has 0 aromatic carbocycles. The third-order valence-electron chi connectivity index (χ3n) is 2.82. The molecular formula is C10H12N4O4. The molecule has 96 valence electrons. The lowest BCUT2D eigenvalue weighted by atomic mass is 10.0. The fourth-order valence-corrected chi connectivity index (χ4v) is 1.89. The first kappa shape index (κ1) is 12.5. The molecule has 1 aromatic rings. The number of nitrogens with two attached hydrogens (primary N) is 1. The molecule has 18 heavy (non-hydrogen) atoms. The average Bonchev–Trinajstić information content (AvgIpc) is 2.65. The van der Waals surface area contributed by atoms with Crippen LogP contribution in [0.5, 0.6) is 0 Å². The number of hydrogen-bond acceptors (Lipinski definition) is 7. The van der Waals surface area contributed by atoms with E-state index in [0.29, 0.717) is 0 Å². The van der Waals surface area contributed by atoms with Crippen molar-refractivity contribution in [2.24, 2.45) is 5.92 Å². The van der Waals surface area contributed by atoms with Crippen LogP contribution in [0.1, 0.15) is 6.23 Å². The first-order chi connectivity index (χ1) is 8.58. The number of nitriles is 1. The van der Waals surface area contributed by atoms with Gasteiger partial charge in [0.05, 0.1) is 12.7 Å². The summed E-state index contributed by atoms with van der Waals surface area (Å²) in [5.41, 5.74) is 4.68. The van der Waals surface area contributed by atoms with Gasteiger partial charge < -0.3 is 20.7 Å². The second kappa shape index (κ2) is 4.73. The minimum absolute atomic E-state index is 0.0574. The van der Waals surface area contributed by atoms with Crippen LogP contribution >= 0.6 is 0 Å². The lowest BCUT2D eigenvalue weighted by Gasteiger charge is -2.16. The van der Waals surface area contributed by atoms with E-state index < -0.39 is 36.7 Å². The molecule has 0 saturated carbocycles. The SMILES string of the molecule is N#C[C@H]1C(O)[C@@H](CO)O[C@H]1n1ccc(N)nc1=O. The maximum absolute atomic E-state index is 11.6. The van der Waals surface area contributed by atoms with Crippen molar-refractivity contribution in [1.29, 1.82) is 5.26 Å². The number of aromatic nitrogens is 2. The minimum Gasteiger partial charge on any atom is -0.394 e. The van der Waals surface area contributed by atoms with Gasteiger partial charge in [0.2, 0.25) is 0 Å². The molecule has 0 spiro atoms. The molecule has 1 aromatic heterocycles. The Bertz CT molecular complexity index is 537. The highest BCUT2D eigenvalue weighted by Crippen LogP contribution is 2.33. The van der Waals surface area contributed by atoms with Gasteiger partial charge >= 0.3 is 5.69 Å². The number of hydrogen-bond donors (Lipinski definition) is 3. The summed E-state index contributed by atoms with van der Waals surface area (Å²) in [5, 5.41) is 27.8. The average molecular weight is 252 g/mol. The number of aliphatic hydroxyl groups is 2. The summed E-state index contributed by atoms with van der Waals surface area (Å²) in [6.07, 6.45) is -1.70. The highest BCUT2D eigenvalue weighted by Gasteiger charge is 2.45. The molecule has 4 N–H and O–H groups in total. The van der Waals surface area contributed by atoms with Crippen LogP contribution in [0.2, 0.25) is 0 Å². The van der Waals surface area contributed by atoms with Crippen LogP contribution in [0.15, 0.2) is 17.1 Å². The molecule has 0 amide bonds. The molecule has 1 aliphatic heterocycles. The summed E-state index contributed by atoms with van der Waals surface area (Å²) in [6.45, 7) is -0.438. The van der Waals surface area contributed by atoms with E-state index in [1.807, 2.05) is 6.07 Å². The largest absolute Gasteiger partial charge is 0.394 e. The molecule has 2 heterocycles. The van der Waals surface area contributed by atoms with Gasteiger partial charge in [0.25, 0.3) is 0 Å². The van der Waals surface area contributed by atoms with E-state index in [1.165, 1.54) is 12.3 Å². The van der Waals surface area contributed by atoms with Crippen molar-refractivity contribution in [2.75, 3.05) is 12.3 Å². The molecule has 0 bridgehead atoms. The molecule has 0 aliphatic carbocycles. The van der Waals surface area contributed by atoms with E-state index >= 15 is 0 Å². The molecule has 1 unspecified atom stereocenters. The van der Waals surface area contributed by atoms with Crippen LogP contribution in [0.4, 0.5) is 5.82 Å². The number of aliphatic hydroxyl groups excluding tert-OH is 2. The zero-order valence-electron chi connectivity index (χ0n) is 9.30. The number of nitrogen functional groups attached to an aromatic ring is 1. The quantitative estimate of drug-likeness (QED) is 0.566. The zero-order valence-corrected chi connectivity index (χ0v) is 9.30. The molecule has 1 saturated heterocycles. The lowest BCUT2D eigenvalue weighted by molar-refractivity contribution is -0.0469. The van der Waals surface area contributed by atoms with Gasteiger partial charge in [-0.25, -0.2) is 4.79 Å². The van der Waals surface area contributed by atoms with Gasteiger partial charge in [0, 0.05) is 6.20 Å². The number of anilines is 1. The van der Waals surface area contributed by atoms with E-state index in [2.05, 4.69) is 4.98 Å². The van der Waals surface area contributed by atoms with Crippen molar-refractivity contribution in [1.82, 2.24) is 9.55 Å². The number of nitrogens with zero attached hydrogens (tertiary/aromatic N) is 3. The molecule has 1 aliphatic rings. The zero-order chi connectivity index (χ0) is 13.3. The fraction of sp³-hybridized carbons (Fsp3) is 0.500. The molecule has 1 fully saturated rings. The van der Waals surface area contributed by atoms with Crippen molar-refractivity contribution in [3.05, 3.63) is 22.7 Å². The van der Waals surface area contributed by atoms with Crippen LogP contribution in [0.25, 0.3) is 0 Å². The van der Waals surface area contributed by atoms with E-state index in [-0.39, 0.29) is 5.82 Å². The predicted molar refractivity (Wildman–Crippen MR) is 59.0 cm³/mol. The van der Waals surface area contributed by atoms with Crippen LogP contribution in [-0.2, 0) is 4.74 Å². The van der Waals surface area contributed by atoms with Crippen molar-refractivity contribution < 1.29 is 14.9 Å². The van der Waals surface area contributed by atoms with Gasteiger partial charge in [-0.05, 0) is 6.07 Å². The molecular weight excluding hydrogens is 240 g/mol. The third-order valence-corrected chi connectivity index (χ3v) is 2.82. The lowest BCUT2D eigenvalue weighted by Crippen LogP contribution is -2.31. The summed E-state index contributed by atoms with van der Waals surface area (Å²) >= 11 is 0. The molecule has 4 atom stereocenters. The maximum Gasteiger partial charge on any atom is 0.351 e. The molecule has 8 heteroatoms. The van der Waals surface area contributed by atoms with Gasteiger partial charge in [-0.15, -0.1) is 0 Å². The highest BCUT2D eigenvalue weighted by atomic mass is 16.5.